The number of ether oxygens (including phenoxy) is 1. The fourth-order valence-corrected chi connectivity index (χ4v) is 14.2. The third-order valence-electron chi connectivity index (χ3n) is 18.7. The maximum Gasteiger partial charge on any atom is 0.135 e. The zero-order valence-corrected chi connectivity index (χ0v) is 55.1. The van der Waals surface area contributed by atoms with Gasteiger partial charge in [-0.15, -0.1) is 42.2 Å². The number of benzene rings is 10. The second kappa shape index (κ2) is 20.9. The van der Waals surface area contributed by atoms with Gasteiger partial charge in [0.1, 0.15) is 5.82 Å². The molecule has 0 saturated carbocycles. The normalized spacial score (nSPS) is 14.0. The second-order valence-corrected chi connectivity index (χ2v) is 28.5. The van der Waals surface area contributed by atoms with Crippen molar-refractivity contribution in [1.82, 2.24) is 9.55 Å². The molecule has 10 aromatic carbocycles. The summed E-state index contributed by atoms with van der Waals surface area (Å²) in [6.07, 6.45) is 1.95. The number of rotatable bonds is 7. The fraction of sp³-hybridized carbons (Fsp3) is 0.205. The van der Waals surface area contributed by atoms with E-state index < -0.39 is 5.41 Å². The number of fused-ring (bicyclic) bond motifs is 15. The molecule has 0 fully saturated rings. The molecular formula is C83H73N4OPt-3. The molecule has 0 saturated heterocycles. The average Bonchev–Trinajstić information content (AvgIpc) is 1.50. The summed E-state index contributed by atoms with van der Waals surface area (Å²) in [4.78, 5) is 9.88. The van der Waals surface area contributed by atoms with Crippen LogP contribution in [0.4, 0.5) is 22.7 Å². The predicted octanol–water partition coefficient (Wildman–Crippen LogP) is 21.8. The summed E-state index contributed by atoms with van der Waals surface area (Å²) in [5, 5.41) is 2.27. The van der Waals surface area contributed by atoms with E-state index in [-0.39, 0.29) is 42.7 Å². The van der Waals surface area contributed by atoms with Crippen LogP contribution in [-0.4, -0.2) is 9.55 Å². The summed E-state index contributed by atoms with van der Waals surface area (Å²) in [5.41, 5.74) is 24.3. The Morgan fingerprint density at radius 2 is 0.978 bits per heavy atom. The molecule has 15 rings (SSSR count). The largest absolute Gasteiger partial charge is 0.509 e. The topological polar surface area (TPSA) is 33.5 Å². The van der Waals surface area contributed by atoms with Gasteiger partial charge in [0.2, 0.25) is 0 Å². The van der Waals surface area contributed by atoms with Gasteiger partial charge in [-0.2, -0.15) is 6.07 Å². The van der Waals surface area contributed by atoms with Crippen LogP contribution in [0.15, 0.2) is 219 Å². The number of aromatic nitrogens is 2. The number of pyridine rings is 1. The Kier molecular flexibility index (Phi) is 13.6. The molecule has 0 amide bonds. The zero-order valence-electron chi connectivity index (χ0n) is 52.9. The molecule has 0 unspecified atom stereocenters. The van der Waals surface area contributed by atoms with Crippen molar-refractivity contribution in [3.8, 4) is 61.8 Å². The molecule has 444 valence electrons. The summed E-state index contributed by atoms with van der Waals surface area (Å²) in [6, 6.07) is 86.4. The molecule has 0 atom stereocenters. The van der Waals surface area contributed by atoms with Crippen LogP contribution in [0, 0.1) is 18.8 Å². The Bertz CT molecular complexity index is 4730. The van der Waals surface area contributed by atoms with E-state index in [9.17, 15) is 0 Å². The molecule has 89 heavy (non-hydrogen) atoms. The van der Waals surface area contributed by atoms with Gasteiger partial charge in [0.05, 0.1) is 5.41 Å². The van der Waals surface area contributed by atoms with Crippen molar-refractivity contribution in [2.24, 2.45) is 0 Å². The van der Waals surface area contributed by atoms with E-state index in [0.717, 1.165) is 67.1 Å². The van der Waals surface area contributed by atoms with Crippen molar-refractivity contribution in [2.75, 3.05) is 9.80 Å². The average molecular weight is 1340 g/mol. The molecule has 2 aliphatic carbocycles. The van der Waals surface area contributed by atoms with E-state index in [1.165, 1.54) is 72.3 Å². The Labute approximate surface area is 540 Å². The van der Waals surface area contributed by atoms with E-state index in [4.69, 9.17) is 9.72 Å². The van der Waals surface area contributed by atoms with Crippen molar-refractivity contribution >= 4 is 44.6 Å². The Hall–Kier alpha value is -8.76. The SMILES string of the molecule is CC(C)(C)c1cc(-c2cc(C(C)(C)C)cc(-c3ccccc3)c2N2[CH-]N(c3[c-]c(Oc4[c-]c5c(c6c4-c4ccccc4C64c6ccccc6-c6ccccc64)c4ccccc4n5-c4cc(C(C)(C)C)ccn4)ccc3)c3ccccc32)cc(C(C)(C)C)c1.[Pt]. The van der Waals surface area contributed by atoms with Gasteiger partial charge < -0.3 is 19.1 Å². The van der Waals surface area contributed by atoms with Crippen molar-refractivity contribution in [1.29, 1.82) is 0 Å². The zero-order chi connectivity index (χ0) is 60.8. The van der Waals surface area contributed by atoms with Crippen LogP contribution in [-0.2, 0) is 48.1 Å². The standard InChI is InChI=1S/C83H73N4O.Pt/c1-79(2,3)54-41-42-84-74(48-54)87-69-38-23-19-34-63(69)75-72(87)50-73(76-62-33-18-22-37-68(62)83(77(75)76)66-35-20-16-31-60(66)61-32-17-21-36-67(61)83)88-59-30-26-29-58(49-59)85-51-86(71-40-25-24-39-70(71)85)78-64(52-27-14-13-15-28-52)46-57(82(10,11)12)47-65(78)53-43-55(80(4,5)6)45-56(44-53)81(7,8)9;/h13-48,51H,1-12H3;/q-3;. The first kappa shape index (κ1) is 58.0. The van der Waals surface area contributed by atoms with Crippen LogP contribution in [0.1, 0.15) is 128 Å². The van der Waals surface area contributed by atoms with Crippen LogP contribution in [0.3, 0.4) is 0 Å². The molecule has 1 aliphatic heterocycles. The van der Waals surface area contributed by atoms with Crippen LogP contribution < -0.4 is 14.5 Å². The minimum atomic E-state index is -0.686. The van der Waals surface area contributed by atoms with E-state index in [1.807, 2.05) is 12.3 Å². The summed E-state index contributed by atoms with van der Waals surface area (Å²) < 4.78 is 9.92. The molecule has 5 nitrogen and oxygen atoms in total. The van der Waals surface area contributed by atoms with Crippen molar-refractivity contribution in [3.05, 3.63) is 282 Å². The monoisotopic (exact) mass is 1340 g/mol. The molecule has 0 radical (unpaired) electrons. The summed E-state index contributed by atoms with van der Waals surface area (Å²) in [6.45, 7) is 30.0. The maximum absolute atomic E-state index is 7.61. The van der Waals surface area contributed by atoms with Crippen LogP contribution >= 0.6 is 0 Å². The minimum absolute atomic E-state index is 0. The number of anilines is 4. The van der Waals surface area contributed by atoms with E-state index in [1.54, 1.807) is 0 Å². The number of hydrogen-bond donors (Lipinski definition) is 0. The van der Waals surface area contributed by atoms with Gasteiger partial charge in [-0.1, -0.05) is 257 Å². The van der Waals surface area contributed by atoms with E-state index in [2.05, 4.69) is 323 Å². The molecular weight excluding hydrogens is 1260 g/mol. The molecule has 0 bridgehead atoms. The van der Waals surface area contributed by atoms with Gasteiger partial charge in [-0.05, 0) is 131 Å². The Morgan fingerprint density at radius 3 is 1.61 bits per heavy atom. The number of nitrogens with zero attached hydrogens (tertiary/aromatic N) is 4. The van der Waals surface area contributed by atoms with Gasteiger partial charge in [0.15, 0.2) is 0 Å². The predicted molar refractivity (Wildman–Crippen MR) is 366 cm³/mol. The Morgan fingerprint density at radius 1 is 0.449 bits per heavy atom. The molecule has 3 aliphatic rings. The first-order chi connectivity index (χ1) is 42.2. The van der Waals surface area contributed by atoms with Crippen LogP contribution in [0.25, 0.3) is 72.1 Å². The van der Waals surface area contributed by atoms with Gasteiger partial charge in [0, 0.05) is 72.5 Å². The summed E-state index contributed by atoms with van der Waals surface area (Å²) in [5.74, 6) is 2.05. The summed E-state index contributed by atoms with van der Waals surface area (Å²) >= 11 is 0. The van der Waals surface area contributed by atoms with Gasteiger partial charge in [0.25, 0.3) is 0 Å². The summed E-state index contributed by atoms with van der Waals surface area (Å²) in [7, 11) is 0. The smallest absolute Gasteiger partial charge is 0.135 e. The second-order valence-electron chi connectivity index (χ2n) is 28.5. The third-order valence-corrected chi connectivity index (χ3v) is 18.7. The molecule has 0 N–H and O–H groups in total. The number of para-hydroxylation sites is 3. The minimum Gasteiger partial charge on any atom is -0.509 e. The van der Waals surface area contributed by atoms with Crippen molar-refractivity contribution in [3.63, 3.8) is 0 Å². The van der Waals surface area contributed by atoms with Crippen LogP contribution in [0.5, 0.6) is 11.5 Å². The number of hydrogen-bond acceptors (Lipinski definition) is 4. The first-order valence-electron chi connectivity index (χ1n) is 31.1. The molecule has 1 spiro atoms. The quantitative estimate of drug-likeness (QED) is 0.149. The third kappa shape index (κ3) is 9.24. The van der Waals surface area contributed by atoms with Crippen molar-refractivity contribution in [2.45, 2.75) is 110 Å². The van der Waals surface area contributed by atoms with Crippen molar-refractivity contribution < 1.29 is 25.8 Å². The van der Waals surface area contributed by atoms with Gasteiger partial charge >= 0.3 is 0 Å². The molecule has 3 heterocycles. The molecule has 6 heteroatoms. The van der Waals surface area contributed by atoms with Gasteiger partial charge in [-0.25, -0.2) is 4.98 Å². The van der Waals surface area contributed by atoms with Gasteiger partial charge in [-0.3, -0.25) is 0 Å². The Balaban J connectivity index is 0.00000694. The fourth-order valence-electron chi connectivity index (χ4n) is 14.2. The van der Waals surface area contributed by atoms with Crippen LogP contribution in [0.2, 0.25) is 0 Å². The molecule has 2 aromatic heterocycles. The first-order valence-corrected chi connectivity index (χ1v) is 31.1. The maximum atomic E-state index is 7.61. The van der Waals surface area contributed by atoms with E-state index in [0.29, 0.717) is 11.5 Å². The van der Waals surface area contributed by atoms with E-state index >= 15 is 0 Å². The molecule has 12 aromatic rings.